The van der Waals surface area contributed by atoms with E-state index in [1.54, 1.807) is 10.9 Å². The number of rotatable bonds is 5. The molecule has 3 aromatic rings. The number of nitrogens with zero attached hydrogens (tertiary/aromatic N) is 2. The Bertz CT molecular complexity index is 1010. The van der Waals surface area contributed by atoms with Crippen LogP contribution in [0.3, 0.4) is 0 Å². The molecule has 1 saturated carbocycles. The quantitative estimate of drug-likeness (QED) is 0.703. The van der Waals surface area contributed by atoms with Crippen molar-refractivity contribution in [3.05, 3.63) is 77.6 Å². The maximum absolute atomic E-state index is 13.0. The Kier molecular flexibility index (Phi) is 4.56. The van der Waals surface area contributed by atoms with Crippen LogP contribution in [-0.4, -0.2) is 33.5 Å². The van der Waals surface area contributed by atoms with Crippen molar-refractivity contribution < 1.29 is 14.6 Å². The van der Waals surface area contributed by atoms with Gasteiger partial charge in [-0.25, -0.2) is 4.68 Å². The molecule has 6 nitrogen and oxygen atoms in total. The van der Waals surface area contributed by atoms with Gasteiger partial charge >= 0.3 is 0 Å². The van der Waals surface area contributed by atoms with Crippen LogP contribution in [0.2, 0.25) is 0 Å². The van der Waals surface area contributed by atoms with E-state index < -0.39 is 0 Å². The number of aromatic nitrogens is 2. The van der Waals surface area contributed by atoms with Gasteiger partial charge in [-0.2, -0.15) is 5.10 Å². The zero-order valence-corrected chi connectivity index (χ0v) is 16.0. The van der Waals surface area contributed by atoms with Gasteiger partial charge in [-0.15, -0.1) is 0 Å². The lowest BCUT2D eigenvalue weighted by Gasteiger charge is -2.38. The van der Waals surface area contributed by atoms with E-state index in [1.165, 1.54) is 5.56 Å². The van der Waals surface area contributed by atoms with Gasteiger partial charge in [0.1, 0.15) is 5.75 Å². The first kappa shape index (κ1) is 17.9. The van der Waals surface area contributed by atoms with Crippen molar-refractivity contribution in [3.63, 3.8) is 0 Å². The molecule has 2 aliphatic rings. The summed E-state index contributed by atoms with van der Waals surface area (Å²) < 4.78 is 7.37. The monoisotopic (exact) mass is 389 g/mol. The third-order valence-electron chi connectivity index (χ3n) is 5.88. The number of benzene rings is 2. The first-order valence-electron chi connectivity index (χ1n) is 10.0. The van der Waals surface area contributed by atoms with Crippen molar-refractivity contribution >= 4 is 5.91 Å². The Balaban J connectivity index is 1.36. The third-order valence-corrected chi connectivity index (χ3v) is 5.88. The van der Waals surface area contributed by atoms with E-state index in [2.05, 4.69) is 16.5 Å². The highest BCUT2D eigenvalue weighted by molar-refractivity contribution is 5.94. The van der Waals surface area contributed by atoms with Crippen molar-refractivity contribution in [3.8, 4) is 11.4 Å². The molecule has 0 bridgehead atoms. The van der Waals surface area contributed by atoms with Crippen LogP contribution in [0.4, 0.5) is 0 Å². The molecule has 1 unspecified atom stereocenters. The molecular formula is C23H23N3O3. The van der Waals surface area contributed by atoms with Crippen LogP contribution < -0.4 is 10.1 Å². The van der Waals surface area contributed by atoms with Gasteiger partial charge in [0.05, 0.1) is 24.4 Å². The van der Waals surface area contributed by atoms with Crippen molar-refractivity contribution in [2.45, 2.75) is 31.4 Å². The molecule has 1 fully saturated rings. The minimum absolute atomic E-state index is 0.111. The topological polar surface area (TPSA) is 76.4 Å². The van der Waals surface area contributed by atoms with Crippen molar-refractivity contribution in [2.24, 2.45) is 5.92 Å². The smallest absolute Gasteiger partial charge is 0.251 e. The molecule has 2 N–H and O–H groups in total. The van der Waals surface area contributed by atoms with Crippen molar-refractivity contribution in [1.82, 2.24) is 15.1 Å². The maximum Gasteiger partial charge on any atom is 0.251 e. The van der Waals surface area contributed by atoms with Crippen LogP contribution in [0.25, 0.3) is 5.69 Å². The number of aliphatic hydroxyl groups excluding tert-OH is 1. The van der Waals surface area contributed by atoms with Gasteiger partial charge in [0.2, 0.25) is 0 Å². The summed E-state index contributed by atoms with van der Waals surface area (Å²) in [5.74, 6) is 1.06. The summed E-state index contributed by atoms with van der Waals surface area (Å²) in [6.07, 6.45) is 5.62. The summed E-state index contributed by atoms with van der Waals surface area (Å²) >= 11 is 0. The highest BCUT2D eigenvalue weighted by atomic mass is 16.5. The van der Waals surface area contributed by atoms with E-state index in [9.17, 15) is 9.90 Å². The number of hydrogen-bond donors (Lipinski definition) is 2. The number of fused-ring (bicyclic) bond motifs is 1. The van der Waals surface area contributed by atoms with Crippen molar-refractivity contribution in [2.75, 3.05) is 6.61 Å². The Morgan fingerprint density at radius 3 is 2.76 bits per heavy atom. The summed E-state index contributed by atoms with van der Waals surface area (Å²) in [6.45, 7) is 0.709. The van der Waals surface area contributed by atoms with E-state index in [-0.39, 0.29) is 24.0 Å². The molecule has 29 heavy (non-hydrogen) atoms. The standard InChI is InChI=1S/C23H23N3O3/c27-20-13-18(14-20)22(17-4-7-21-16(12-17)8-11-29-21)25-23(28)15-2-5-19(6-3-15)26-10-1-9-24-26/h1-7,9-10,12,18,20,22,27H,8,11,13-14H2,(H,25,28). The van der Waals surface area contributed by atoms with E-state index in [1.807, 2.05) is 48.7 Å². The van der Waals surface area contributed by atoms with Crippen LogP contribution >= 0.6 is 0 Å². The van der Waals surface area contributed by atoms with Gasteiger partial charge in [-0.05, 0) is 72.4 Å². The highest BCUT2D eigenvalue weighted by Crippen LogP contribution is 2.40. The second-order valence-corrected chi connectivity index (χ2v) is 7.80. The fourth-order valence-electron chi connectivity index (χ4n) is 4.19. The summed E-state index contributed by atoms with van der Waals surface area (Å²) in [4.78, 5) is 13.0. The van der Waals surface area contributed by atoms with Gasteiger partial charge in [-0.1, -0.05) is 6.07 Å². The summed E-state index contributed by atoms with van der Waals surface area (Å²) in [7, 11) is 0. The average molecular weight is 389 g/mol. The number of ether oxygens (including phenoxy) is 1. The highest BCUT2D eigenvalue weighted by Gasteiger charge is 2.36. The first-order chi connectivity index (χ1) is 14.2. The van der Waals surface area contributed by atoms with Crippen LogP contribution in [0.15, 0.2) is 60.9 Å². The minimum atomic E-state index is -0.273. The lowest BCUT2D eigenvalue weighted by Crippen LogP contribution is -2.41. The van der Waals surface area contributed by atoms with Crippen molar-refractivity contribution in [1.29, 1.82) is 0 Å². The van der Waals surface area contributed by atoms with E-state index in [0.717, 1.165) is 23.4 Å². The zero-order chi connectivity index (χ0) is 19.8. The lowest BCUT2D eigenvalue weighted by molar-refractivity contribution is 0.0235. The summed E-state index contributed by atoms with van der Waals surface area (Å²) in [5, 5.41) is 17.2. The Morgan fingerprint density at radius 2 is 2.03 bits per heavy atom. The molecule has 1 aliphatic carbocycles. The molecule has 5 rings (SSSR count). The largest absolute Gasteiger partial charge is 0.493 e. The predicted octanol–water partition coefficient (Wildman–Crippen LogP) is 3.05. The molecule has 6 heteroatoms. The van der Waals surface area contributed by atoms with Gasteiger partial charge in [0.25, 0.3) is 5.91 Å². The van der Waals surface area contributed by atoms with Crippen LogP contribution in [-0.2, 0) is 6.42 Å². The molecule has 0 radical (unpaired) electrons. The molecule has 1 aliphatic heterocycles. The average Bonchev–Trinajstić information content (AvgIpc) is 3.41. The molecule has 0 spiro atoms. The number of carbonyl (C=O) groups is 1. The van der Waals surface area contributed by atoms with Crippen LogP contribution in [0, 0.1) is 5.92 Å². The number of amides is 1. The van der Waals surface area contributed by atoms with Gasteiger partial charge in [0, 0.05) is 24.4 Å². The molecule has 1 aromatic heterocycles. The zero-order valence-electron chi connectivity index (χ0n) is 16.0. The Morgan fingerprint density at radius 1 is 1.21 bits per heavy atom. The minimum Gasteiger partial charge on any atom is -0.493 e. The SMILES string of the molecule is O=C(NC(c1ccc2c(c1)CCO2)C1CC(O)C1)c1ccc(-n2cccn2)cc1. The van der Waals surface area contributed by atoms with Gasteiger partial charge in [-0.3, -0.25) is 4.79 Å². The number of hydrogen-bond acceptors (Lipinski definition) is 4. The maximum atomic E-state index is 13.0. The van der Waals surface area contributed by atoms with E-state index in [0.29, 0.717) is 25.0 Å². The van der Waals surface area contributed by atoms with Gasteiger partial charge < -0.3 is 15.2 Å². The first-order valence-corrected chi connectivity index (χ1v) is 10.0. The second kappa shape index (κ2) is 7.37. The number of carbonyl (C=O) groups excluding carboxylic acids is 1. The van der Waals surface area contributed by atoms with Gasteiger partial charge in [0.15, 0.2) is 0 Å². The number of nitrogens with one attached hydrogen (secondary N) is 1. The van der Waals surface area contributed by atoms with Crippen LogP contribution in [0.5, 0.6) is 5.75 Å². The van der Waals surface area contributed by atoms with E-state index in [4.69, 9.17) is 4.74 Å². The fourth-order valence-corrected chi connectivity index (χ4v) is 4.19. The molecular weight excluding hydrogens is 366 g/mol. The lowest BCUT2D eigenvalue weighted by atomic mass is 9.74. The molecule has 148 valence electrons. The molecule has 1 amide bonds. The molecule has 2 heterocycles. The third kappa shape index (κ3) is 3.51. The second-order valence-electron chi connectivity index (χ2n) is 7.80. The molecule has 2 aromatic carbocycles. The Hall–Kier alpha value is -3.12. The van der Waals surface area contributed by atoms with E-state index >= 15 is 0 Å². The molecule has 0 saturated heterocycles. The summed E-state index contributed by atoms with van der Waals surface area (Å²) in [5.41, 5.74) is 3.77. The molecule has 1 atom stereocenters. The Labute approximate surface area is 169 Å². The number of aliphatic hydroxyl groups is 1. The summed E-state index contributed by atoms with van der Waals surface area (Å²) in [6, 6.07) is 15.3. The fraction of sp³-hybridized carbons (Fsp3) is 0.304. The predicted molar refractivity (Wildman–Crippen MR) is 108 cm³/mol. The normalized spacial score (nSPS) is 21.0. The van der Waals surface area contributed by atoms with Crippen LogP contribution in [0.1, 0.15) is 40.4 Å².